The minimum absolute atomic E-state index is 0.281. The van der Waals surface area contributed by atoms with Gasteiger partial charge < -0.3 is 0 Å². The molecule has 0 radical (unpaired) electrons. The lowest BCUT2D eigenvalue weighted by atomic mass is 9.67. The van der Waals surface area contributed by atoms with E-state index in [1.54, 1.807) is 0 Å². The van der Waals surface area contributed by atoms with Gasteiger partial charge in [-0.3, -0.25) is 0 Å². The molecule has 0 heterocycles. The molecule has 0 fully saturated rings. The van der Waals surface area contributed by atoms with Gasteiger partial charge in [-0.1, -0.05) is 39.7 Å². The van der Waals surface area contributed by atoms with Crippen LogP contribution in [0.25, 0.3) is 0 Å². The van der Waals surface area contributed by atoms with E-state index in [2.05, 4.69) is 39.7 Å². The lowest BCUT2D eigenvalue weighted by molar-refractivity contribution is 0.218. The molecule has 0 nitrogen and oxygen atoms in total. The molecule has 0 heteroatoms. The lowest BCUT2D eigenvalue weighted by Crippen LogP contribution is -2.26. The zero-order valence-corrected chi connectivity index (χ0v) is 8.57. The summed E-state index contributed by atoms with van der Waals surface area (Å²) in [6, 6.07) is 0. The summed E-state index contributed by atoms with van der Waals surface area (Å²) in [5, 5.41) is 0. The fourth-order valence-corrected chi connectivity index (χ4v) is 2.48. The Balaban J connectivity index is 2.96. The molecule has 0 amide bonds. The third-order valence-electron chi connectivity index (χ3n) is 2.35. The Labute approximate surface area is 76.1 Å². The Bertz CT molecular complexity index is 246. The topological polar surface area (TPSA) is 0 Å². The first-order valence-electron chi connectivity index (χ1n) is 4.53. The van der Waals surface area contributed by atoms with Crippen molar-refractivity contribution >= 4 is 0 Å². The monoisotopic (exact) mass is 162 g/mol. The highest BCUT2D eigenvalue weighted by atomic mass is 14.4. The second-order valence-electron chi connectivity index (χ2n) is 5.32. The third-order valence-corrected chi connectivity index (χ3v) is 2.35. The normalized spacial score (nSPS) is 25.8. The number of allylic oxidation sites excluding steroid dienone is 2. The highest BCUT2D eigenvalue weighted by Gasteiger charge is 2.32. The van der Waals surface area contributed by atoms with Gasteiger partial charge in [-0.25, -0.2) is 0 Å². The largest absolute Gasteiger partial charge is 0.115 e. The van der Waals surface area contributed by atoms with Crippen molar-refractivity contribution in [3.8, 4) is 12.3 Å². The van der Waals surface area contributed by atoms with Gasteiger partial charge in [0.2, 0.25) is 0 Å². The van der Waals surface area contributed by atoms with Gasteiger partial charge in [-0.05, 0) is 29.2 Å². The predicted octanol–water partition coefficient (Wildman–Crippen LogP) is 3.39. The number of rotatable bonds is 0. The van der Waals surface area contributed by atoms with Crippen LogP contribution in [0.3, 0.4) is 0 Å². The number of terminal acetylenes is 1. The van der Waals surface area contributed by atoms with E-state index >= 15 is 0 Å². The van der Waals surface area contributed by atoms with Gasteiger partial charge in [-0.15, -0.1) is 6.42 Å². The maximum atomic E-state index is 5.43. The van der Waals surface area contributed by atoms with Gasteiger partial charge in [0, 0.05) is 0 Å². The van der Waals surface area contributed by atoms with Gasteiger partial charge >= 0.3 is 0 Å². The molecule has 0 saturated heterocycles. The highest BCUT2D eigenvalue weighted by Crippen LogP contribution is 2.44. The number of hydrogen-bond donors (Lipinski definition) is 0. The second-order valence-corrected chi connectivity index (χ2v) is 5.32. The molecule has 0 aromatic rings. The van der Waals surface area contributed by atoms with Crippen molar-refractivity contribution in [2.24, 2.45) is 10.8 Å². The van der Waals surface area contributed by atoms with Crippen LogP contribution < -0.4 is 0 Å². The Kier molecular flexibility index (Phi) is 2.08. The first-order chi connectivity index (χ1) is 5.35. The van der Waals surface area contributed by atoms with Crippen LogP contribution in [0.2, 0.25) is 0 Å². The first-order valence-corrected chi connectivity index (χ1v) is 4.53. The summed E-state index contributed by atoms with van der Waals surface area (Å²) in [5.74, 6) is 2.78. The average molecular weight is 162 g/mol. The summed E-state index contributed by atoms with van der Waals surface area (Å²) in [6.07, 6.45) is 9.97. The molecule has 66 valence electrons. The maximum absolute atomic E-state index is 5.43. The summed E-state index contributed by atoms with van der Waals surface area (Å²) in [4.78, 5) is 0. The fraction of sp³-hybridized carbons (Fsp3) is 0.667. The van der Waals surface area contributed by atoms with Crippen LogP contribution in [-0.4, -0.2) is 0 Å². The van der Waals surface area contributed by atoms with Crippen LogP contribution >= 0.6 is 0 Å². The van der Waals surface area contributed by atoms with E-state index in [0.717, 1.165) is 6.42 Å². The molecule has 0 aliphatic heterocycles. The van der Waals surface area contributed by atoms with E-state index in [4.69, 9.17) is 6.42 Å². The summed E-state index contributed by atoms with van der Waals surface area (Å²) in [6.45, 7) is 9.09. The fourth-order valence-electron chi connectivity index (χ4n) is 2.48. The van der Waals surface area contributed by atoms with Crippen LogP contribution in [0.15, 0.2) is 11.6 Å². The second kappa shape index (κ2) is 2.66. The Morgan fingerprint density at radius 2 is 1.92 bits per heavy atom. The molecule has 12 heavy (non-hydrogen) atoms. The third kappa shape index (κ3) is 2.14. The number of hydrogen-bond acceptors (Lipinski definition) is 0. The zero-order valence-electron chi connectivity index (χ0n) is 8.57. The van der Waals surface area contributed by atoms with Gasteiger partial charge in [0.05, 0.1) is 0 Å². The molecule has 1 aliphatic carbocycles. The Hall–Kier alpha value is -0.700. The molecule has 0 N–H and O–H groups in total. The van der Waals surface area contributed by atoms with Crippen LogP contribution in [-0.2, 0) is 0 Å². The molecule has 0 atom stereocenters. The van der Waals surface area contributed by atoms with E-state index in [9.17, 15) is 0 Å². The van der Waals surface area contributed by atoms with Crippen molar-refractivity contribution < 1.29 is 0 Å². The quantitative estimate of drug-likeness (QED) is 0.479. The maximum Gasteiger partial charge on any atom is -0.00116 e. The first kappa shape index (κ1) is 9.39. The van der Waals surface area contributed by atoms with Crippen molar-refractivity contribution in [1.82, 2.24) is 0 Å². The molecule has 0 saturated carbocycles. The highest BCUT2D eigenvalue weighted by molar-refractivity contribution is 5.30. The molecule has 0 unspecified atom stereocenters. The van der Waals surface area contributed by atoms with Crippen LogP contribution in [0.4, 0.5) is 0 Å². The summed E-state index contributed by atoms with van der Waals surface area (Å²) in [7, 11) is 0. The average Bonchev–Trinajstić information content (AvgIpc) is 1.80. The van der Waals surface area contributed by atoms with Crippen LogP contribution in [0.5, 0.6) is 0 Å². The zero-order chi connectivity index (χ0) is 9.41. The lowest BCUT2D eigenvalue weighted by Gasteiger charge is -2.38. The molecule has 0 spiro atoms. The van der Waals surface area contributed by atoms with Gasteiger partial charge in [-0.2, -0.15) is 0 Å². The Morgan fingerprint density at radius 3 is 2.33 bits per heavy atom. The van der Waals surface area contributed by atoms with Crippen molar-refractivity contribution in [2.45, 2.75) is 40.5 Å². The minimum Gasteiger partial charge on any atom is -0.115 e. The molecule has 1 aliphatic rings. The van der Waals surface area contributed by atoms with E-state index < -0.39 is 0 Å². The van der Waals surface area contributed by atoms with Gasteiger partial charge in [0.25, 0.3) is 0 Å². The molecule has 0 aromatic carbocycles. The Morgan fingerprint density at radius 1 is 1.33 bits per heavy atom. The van der Waals surface area contributed by atoms with E-state index in [0.29, 0.717) is 5.41 Å². The van der Waals surface area contributed by atoms with Crippen molar-refractivity contribution in [1.29, 1.82) is 0 Å². The molecule has 0 aromatic heterocycles. The van der Waals surface area contributed by atoms with E-state index in [-0.39, 0.29) is 5.41 Å². The van der Waals surface area contributed by atoms with E-state index in [1.807, 2.05) is 0 Å². The SMILES string of the molecule is C#CC1=CC(C)(C)CC(C)(C)C1. The summed E-state index contributed by atoms with van der Waals surface area (Å²) >= 11 is 0. The predicted molar refractivity (Wildman–Crippen MR) is 53.7 cm³/mol. The molecular weight excluding hydrogens is 144 g/mol. The van der Waals surface area contributed by atoms with Gasteiger partial charge in [0.15, 0.2) is 0 Å². The molecular formula is C12H18. The van der Waals surface area contributed by atoms with Crippen molar-refractivity contribution in [2.75, 3.05) is 0 Å². The standard InChI is InChI=1S/C12H18/c1-6-10-7-11(2,3)9-12(4,5)8-10/h1,7H,8-9H2,2-5H3. The van der Waals surface area contributed by atoms with Crippen molar-refractivity contribution in [3.05, 3.63) is 11.6 Å². The minimum atomic E-state index is 0.281. The molecule has 1 rings (SSSR count). The summed E-state index contributed by atoms with van der Waals surface area (Å²) < 4.78 is 0. The smallest absolute Gasteiger partial charge is 0.00116 e. The van der Waals surface area contributed by atoms with E-state index in [1.165, 1.54) is 12.0 Å². The molecule has 0 bridgehead atoms. The van der Waals surface area contributed by atoms with Crippen LogP contribution in [0.1, 0.15) is 40.5 Å². The van der Waals surface area contributed by atoms with Crippen LogP contribution in [0, 0.1) is 23.2 Å². The van der Waals surface area contributed by atoms with Gasteiger partial charge in [0.1, 0.15) is 0 Å². The van der Waals surface area contributed by atoms with Crippen molar-refractivity contribution in [3.63, 3.8) is 0 Å². The summed E-state index contributed by atoms with van der Waals surface area (Å²) in [5.41, 5.74) is 1.83.